The highest BCUT2D eigenvalue weighted by Crippen LogP contribution is 2.39. The molecule has 6 rings (SSSR count). The average Bonchev–Trinajstić information content (AvgIpc) is 3.32. The van der Waals surface area contributed by atoms with Gasteiger partial charge in [-0.1, -0.05) is 0 Å². The van der Waals surface area contributed by atoms with E-state index in [1.807, 2.05) is 17.0 Å². The van der Waals surface area contributed by atoms with Gasteiger partial charge in [-0.2, -0.15) is 4.31 Å². The summed E-state index contributed by atoms with van der Waals surface area (Å²) < 4.78 is 33.9. The van der Waals surface area contributed by atoms with Crippen LogP contribution in [0.4, 0.5) is 17.3 Å². The van der Waals surface area contributed by atoms with E-state index in [0.717, 1.165) is 41.5 Å². The number of carbonyl (C=O) groups is 1. The Bertz CT molecular complexity index is 1200. The molecule has 1 aromatic heterocycles. The molecular formula is C23H28N6O4S. The second-order valence-corrected chi connectivity index (χ2v) is 11.1. The van der Waals surface area contributed by atoms with E-state index in [9.17, 15) is 13.2 Å². The van der Waals surface area contributed by atoms with Crippen LogP contribution < -0.4 is 14.7 Å². The Kier molecular flexibility index (Phi) is 5.42. The van der Waals surface area contributed by atoms with E-state index in [2.05, 4.69) is 20.0 Å². The molecule has 0 N–H and O–H groups in total. The van der Waals surface area contributed by atoms with E-state index in [1.165, 1.54) is 0 Å². The number of anilines is 3. The summed E-state index contributed by atoms with van der Waals surface area (Å²) >= 11 is 0. The Morgan fingerprint density at radius 2 is 1.38 bits per heavy atom. The molecule has 0 aliphatic carbocycles. The molecular weight excluding hydrogens is 456 g/mol. The van der Waals surface area contributed by atoms with Crippen LogP contribution in [-0.2, 0) is 32.4 Å². The maximum Gasteiger partial charge on any atom is 0.243 e. The zero-order valence-electron chi connectivity index (χ0n) is 19.0. The number of amides is 1. The highest BCUT2D eigenvalue weighted by atomic mass is 32.2. The van der Waals surface area contributed by atoms with Crippen molar-refractivity contribution in [1.29, 1.82) is 0 Å². The van der Waals surface area contributed by atoms with Crippen molar-refractivity contribution in [2.24, 2.45) is 0 Å². The first-order valence-corrected chi connectivity index (χ1v) is 13.3. The first-order chi connectivity index (χ1) is 16.5. The van der Waals surface area contributed by atoms with Gasteiger partial charge in [0.15, 0.2) is 11.6 Å². The molecule has 2 fully saturated rings. The van der Waals surface area contributed by atoms with E-state index in [1.54, 1.807) is 16.4 Å². The number of carbonyl (C=O) groups excluding carboxylic acids is 1. The summed E-state index contributed by atoms with van der Waals surface area (Å²) in [6.07, 6.45) is 1.76. The van der Waals surface area contributed by atoms with E-state index in [-0.39, 0.29) is 5.91 Å². The van der Waals surface area contributed by atoms with Gasteiger partial charge in [0.25, 0.3) is 0 Å². The SMILES string of the molecule is O=C1CCc2cc(S(=O)(=O)N3CCN(c4ccc(N5CCOCC5)nn4)CC3)cc3c2N1CC3. The Hall–Kier alpha value is -2.76. The normalized spacial score (nSPS) is 21.2. The van der Waals surface area contributed by atoms with Gasteiger partial charge in [-0.15, -0.1) is 10.2 Å². The molecule has 0 bridgehead atoms. The minimum atomic E-state index is -3.60. The summed E-state index contributed by atoms with van der Waals surface area (Å²) in [6.45, 7) is 5.57. The van der Waals surface area contributed by atoms with Crippen molar-refractivity contribution in [3.05, 3.63) is 35.4 Å². The van der Waals surface area contributed by atoms with Crippen molar-refractivity contribution in [1.82, 2.24) is 14.5 Å². The number of rotatable bonds is 4. The summed E-state index contributed by atoms with van der Waals surface area (Å²) in [7, 11) is -3.60. The number of hydrogen-bond donors (Lipinski definition) is 0. The van der Waals surface area contributed by atoms with Crippen LogP contribution in [-0.4, -0.2) is 87.9 Å². The van der Waals surface area contributed by atoms with Crippen molar-refractivity contribution >= 4 is 33.3 Å². The first kappa shape index (κ1) is 21.8. The zero-order chi connectivity index (χ0) is 23.3. The number of hydrogen-bond acceptors (Lipinski definition) is 8. The van der Waals surface area contributed by atoms with Crippen LogP contribution >= 0.6 is 0 Å². The van der Waals surface area contributed by atoms with Crippen molar-refractivity contribution in [3.63, 3.8) is 0 Å². The van der Waals surface area contributed by atoms with E-state index in [4.69, 9.17) is 4.74 Å². The topological polar surface area (TPSA) is 99.2 Å². The number of aryl methyl sites for hydroxylation is 1. The van der Waals surface area contributed by atoms with Crippen LogP contribution in [0.3, 0.4) is 0 Å². The molecule has 1 amide bonds. The summed E-state index contributed by atoms with van der Waals surface area (Å²) in [5.41, 5.74) is 2.89. The predicted octanol–water partition coefficient (Wildman–Crippen LogP) is 0.659. The number of nitrogens with zero attached hydrogens (tertiary/aromatic N) is 6. The van der Waals surface area contributed by atoms with Crippen LogP contribution in [0, 0.1) is 0 Å². The predicted molar refractivity (Wildman–Crippen MR) is 127 cm³/mol. The molecule has 11 heteroatoms. The molecule has 0 radical (unpaired) electrons. The van der Waals surface area contributed by atoms with Crippen LogP contribution in [0.5, 0.6) is 0 Å². The number of morpholine rings is 1. The Balaban J connectivity index is 1.15. The molecule has 10 nitrogen and oxygen atoms in total. The number of benzene rings is 1. The fraction of sp³-hybridized carbons (Fsp3) is 0.522. The standard InChI is InChI=1S/C23H28N6O4S/c30-22-4-1-17-15-19(16-18-5-6-29(22)23(17)18)34(31,32)28-9-7-26(8-10-28)20-2-3-21(25-24-20)27-11-13-33-14-12-27/h2-3,15-16H,1,4-14H2. The van der Waals surface area contributed by atoms with Gasteiger partial charge in [-0.3, -0.25) is 4.79 Å². The first-order valence-electron chi connectivity index (χ1n) is 11.9. The molecule has 5 heterocycles. The molecule has 4 aliphatic rings. The quantitative estimate of drug-likeness (QED) is 0.624. The highest BCUT2D eigenvalue weighted by molar-refractivity contribution is 7.89. The van der Waals surface area contributed by atoms with Crippen LogP contribution in [0.15, 0.2) is 29.2 Å². The third kappa shape index (κ3) is 3.71. The van der Waals surface area contributed by atoms with Crippen molar-refractivity contribution in [2.45, 2.75) is 24.2 Å². The average molecular weight is 485 g/mol. The van der Waals surface area contributed by atoms with Crippen LogP contribution in [0.25, 0.3) is 0 Å². The maximum absolute atomic E-state index is 13.5. The van der Waals surface area contributed by atoms with Crippen molar-refractivity contribution in [3.8, 4) is 0 Å². The highest BCUT2D eigenvalue weighted by Gasteiger charge is 2.35. The van der Waals surface area contributed by atoms with E-state index in [0.29, 0.717) is 70.1 Å². The van der Waals surface area contributed by atoms with Gasteiger partial charge in [0, 0.05) is 52.2 Å². The lowest BCUT2D eigenvalue weighted by atomic mass is 10.00. The van der Waals surface area contributed by atoms with E-state index < -0.39 is 10.0 Å². The Labute approximate surface area is 199 Å². The lowest BCUT2D eigenvalue weighted by Crippen LogP contribution is -2.49. The van der Waals surface area contributed by atoms with Crippen LogP contribution in [0.1, 0.15) is 17.5 Å². The summed E-state index contributed by atoms with van der Waals surface area (Å²) in [5, 5.41) is 8.78. The summed E-state index contributed by atoms with van der Waals surface area (Å²) in [4.78, 5) is 18.6. The van der Waals surface area contributed by atoms with Gasteiger partial charge in [0.2, 0.25) is 15.9 Å². The van der Waals surface area contributed by atoms with Gasteiger partial charge in [-0.25, -0.2) is 8.42 Å². The lowest BCUT2D eigenvalue weighted by molar-refractivity contribution is -0.118. The smallest absolute Gasteiger partial charge is 0.243 e. The van der Waals surface area contributed by atoms with Gasteiger partial charge in [0.1, 0.15) is 0 Å². The molecule has 0 atom stereocenters. The zero-order valence-corrected chi connectivity index (χ0v) is 19.8. The third-order valence-electron chi connectivity index (χ3n) is 7.20. The Morgan fingerprint density at radius 1 is 0.765 bits per heavy atom. The largest absolute Gasteiger partial charge is 0.378 e. The number of aromatic nitrogens is 2. The van der Waals surface area contributed by atoms with Crippen molar-refractivity contribution < 1.29 is 17.9 Å². The van der Waals surface area contributed by atoms with Crippen LogP contribution in [0.2, 0.25) is 0 Å². The Morgan fingerprint density at radius 3 is 2.03 bits per heavy atom. The molecule has 1 aromatic carbocycles. The molecule has 2 saturated heterocycles. The fourth-order valence-corrected chi connectivity index (χ4v) is 6.85. The van der Waals surface area contributed by atoms with E-state index >= 15 is 0 Å². The number of piperazine rings is 1. The summed E-state index contributed by atoms with van der Waals surface area (Å²) in [6, 6.07) is 7.48. The monoisotopic (exact) mass is 484 g/mol. The molecule has 0 spiro atoms. The number of sulfonamides is 1. The second-order valence-electron chi connectivity index (χ2n) is 9.13. The van der Waals surface area contributed by atoms with Gasteiger partial charge >= 0.3 is 0 Å². The molecule has 0 saturated carbocycles. The summed E-state index contributed by atoms with van der Waals surface area (Å²) in [5.74, 6) is 1.74. The van der Waals surface area contributed by atoms with Gasteiger partial charge in [0.05, 0.1) is 23.8 Å². The van der Waals surface area contributed by atoms with Crippen molar-refractivity contribution in [2.75, 3.05) is 73.7 Å². The molecule has 4 aliphatic heterocycles. The lowest BCUT2D eigenvalue weighted by Gasteiger charge is -2.35. The molecule has 180 valence electrons. The fourth-order valence-electron chi connectivity index (χ4n) is 5.33. The van der Waals surface area contributed by atoms with Gasteiger partial charge in [-0.05, 0) is 48.2 Å². The third-order valence-corrected chi connectivity index (χ3v) is 9.07. The molecule has 2 aromatic rings. The number of ether oxygens (including phenoxy) is 1. The minimum Gasteiger partial charge on any atom is -0.378 e. The maximum atomic E-state index is 13.5. The second kappa shape index (κ2) is 8.47. The van der Waals surface area contributed by atoms with Gasteiger partial charge < -0.3 is 19.4 Å². The molecule has 0 unspecified atom stereocenters. The molecule has 34 heavy (non-hydrogen) atoms. The minimum absolute atomic E-state index is 0.138.